The number of anilines is 1. The van der Waals surface area contributed by atoms with Gasteiger partial charge in [-0.15, -0.1) is 0 Å². The molecule has 124 valence electrons. The highest BCUT2D eigenvalue weighted by Crippen LogP contribution is 2.23. The first-order valence-corrected chi connectivity index (χ1v) is 7.99. The number of hydrogen-bond donors (Lipinski definition) is 1. The highest BCUT2D eigenvalue weighted by Gasteiger charge is 2.09. The second-order valence-corrected chi connectivity index (χ2v) is 5.90. The van der Waals surface area contributed by atoms with Gasteiger partial charge in [0.05, 0.1) is 6.21 Å². The van der Waals surface area contributed by atoms with Gasteiger partial charge in [-0.3, -0.25) is 0 Å². The van der Waals surface area contributed by atoms with Gasteiger partial charge in [0.2, 0.25) is 0 Å². The van der Waals surface area contributed by atoms with E-state index in [1.165, 1.54) is 4.79 Å². The molecule has 0 spiro atoms. The molecule has 0 atom stereocenters. The number of rotatable bonds is 4. The van der Waals surface area contributed by atoms with Crippen molar-refractivity contribution in [2.45, 2.75) is 6.54 Å². The molecule has 0 aliphatic heterocycles. The van der Waals surface area contributed by atoms with Crippen LogP contribution in [0.2, 0.25) is 5.02 Å². The summed E-state index contributed by atoms with van der Waals surface area (Å²) in [6.07, 6.45) is 3.72. The molecule has 2 aromatic heterocycles. The van der Waals surface area contributed by atoms with Crippen LogP contribution >= 0.6 is 11.6 Å². The molecule has 4 aromatic rings. The van der Waals surface area contributed by atoms with Gasteiger partial charge < -0.3 is 10.3 Å². The number of fused-ring (bicyclic) bond motifs is 1. The summed E-state index contributed by atoms with van der Waals surface area (Å²) in [6.45, 7) is 0.668. The SMILES string of the molecule is Nc1nnnn1/N=C\c1cn(Cc2ccccc2Cl)c2ccccc12. The highest BCUT2D eigenvalue weighted by atomic mass is 35.5. The third-order valence-corrected chi connectivity index (χ3v) is 4.27. The molecule has 0 bridgehead atoms. The van der Waals surface area contributed by atoms with Crippen molar-refractivity contribution in [1.29, 1.82) is 0 Å². The van der Waals surface area contributed by atoms with Crippen LogP contribution < -0.4 is 5.73 Å². The fraction of sp³-hybridized carbons (Fsp3) is 0.0588. The highest BCUT2D eigenvalue weighted by molar-refractivity contribution is 6.31. The summed E-state index contributed by atoms with van der Waals surface area (Å²) in [5.74, 6) is 0.135. The summed E-state index contributed by atoms with van der Waals surface area (Å²) in [5, 5.41) is 16.8. The molecule has 0 radical (unpaired) electrons. The number of tetrazole rings is 1. The molecule has 7 nitrogen and oxygen atoms in total. The summed E-state index contributed by atoms with van der Waals surface area (Å²) < 4.78 is 2.14. The van der Waals surface area contributed by atoms with Crippen molar-refractivity contribution < 1.29 is 0 Å². The third kappa shape index (κ3) is 2.97. The fourth-order valence-electron chi connectivity index (χ4n) is 2.71. The van der Waals surface area contributed by atoms with Crippen molar-refractivity contribution in [1.82, 2.24) is 24.9 Å². The average molecular weight is 352 g/mol. The Kier molecular flexibility index (Phi) is 3.91. The summed E-state index contributed by atoms with van der Waals surface area (Å²) in [7, 11) is 0. The molecule has 8 heteroatoms. The van der Waals surface area contributed by atoms with E-state index < -0.39 is 0 Å². The minimum Gasteiger partial charge on any atom is -0.365 e. The fourth-order valence-corrected chi connectivity index (χ4v) is 2.90. The third-order valence-electron chi connectivity index (χ3n) is 3.90. The smallest absolute Gasteiger partial charge is 0.263 e. The van der Waals surface area contributed by atoms with E-state index in [1.54, 1.807) is 6.21 Å². The van der Waals surface area contributed by atoms with Gasteiger partial charge in [-0.25, -0.2) is 0 Å². The van der Waals surface area contributed by atoms with E-state index in [2.05, 4.69) is 31.3 Å². The molecule has 2 heterocycles. The van der Waals surface area contributed by atoms with E-state index in [0.29, 0.717) is 6.54 Å². The van der Waals surface area contributed by atoms with Gasteiger partial charge in [-0.2, -0.15) is 5.10 Å². The Morgan fingerprint density at radius 1 is 1.12 bits per heavy atom. The standard InChI is InChI=1S/C17H14ClN7/c18-15-7-3-1-5-12(15)10-24-11-13(14-6-2-4-8-16(14)24)9-20-25-17(19)21-22-23-25/h1-9,11H,10H2,(H2,19,21,23)/b20-9-. The van der Waals surface area contributed by atoms with Crippen molar-refractivity contribution in [3.05, 3.63) is 70.9 Å². The number of halogens is 1. The zero-order chi connectivity index (χ0) is 17.2. The lowest BCUT2D eigenvalue weighted by Gasteiger charge is -2.07. The number of nitrogens with zero attached hydrogens (tertiary/aromatic N) is 6. The molecule has 0 amide bonds. The summed E-state index contributed by atoms with van der Waals surface area (Å²) in [6, 6.07) is 15.9. The van der Waals surface area contributed by atoms with Gasteiger partial charge in [0.1, 0.15) is 0 Å². The maximum Gasteiger partial charge on any atom is 0.263 e. The zero-order valence-electron chi connectivity index (χ0n) is 13.1. The lowest BCUT2D eigenvalue weighted by molar-refractivity contribution is 0.699. The first kappa shape index (κ1) is 15.3. The Bertz CT molecular complexity index is 1060. The number of aromatic nitrogens is 5. The van der Waals surface area contributed by atoms with E-state index >= 15 is 0 Å². The van der Waals surface area contributed by atoms with E-state index in [0.717, 1.165) is 27.1 Å². The first-order chi connectivity index (χ1) is 12.2. The van der Waals surface area contributed by atoms with Crippen LogP contribution in [0, 0.1) is 0 Å². The topological polar surface area (TPSA) is 86.9 Å². The average Bonchev–Trinajstić information content (AvgIpc) is 3.19. The summed E-state index contributed by atoms with van der Waals surface area (Å²) in [5.41, 5.74) is 8.72. The van der Waals surface area contributed by atoms with E-state index in [1.807, 2.05) is 48.7 Å². The predicted octanol–water partition coefficient (Wildman–Crippen LogP) is 2.79. The van der Waals surface area contributed by atoms with Crippen LogP contribution in [0.4, 0.5) is 5.95 Å². The van der Waals surface area contributed by atoms with Crippen molar-refractivity contribution in [3.8, 4) is 0 Å². The normalized spacial score (nSPS) is 11.6. The maximum atomic E-state index is 6.30. The Morgan fingerprint density at radius 3 is 2.72 bits per heavy atom. The number of nitrogens with two attached hydrogens (primary N) is 1. The van der Waals surface area contributed by atoms with E-state index in [9.17, 15) is 0 Å². The van der Waals surface area contributed by atoms with Crippen molar-refractivity contribution >= 4 is 34.7 Å². The Hall–Kier alpha value is -3.19. The van der Waals surface area contributed by atoms with Crippen molar-refractivity contribution in [2.24, 2.45) is 5.10 Å². The molecule has 0 saturated heterocycles. The van der Waals surface area contributed by atoms with Gasteiger partial charge in [-0.05, 0) is 28.1 Å². The lowest BCUT2D eigenvalue weighted by Crippen LogP contribution is -2.00. The van der Waals surface area contributed by atoms with Crippen LogP contribution in [0.3, 0.4) is 0 Å². The summed E-state index contributed by atoms with van der Waals surface area (Å²) in [4.78, 5) is 1.18. The summed E-state index contributed by atoms with van der Waals surface area (Å²) >= 11 is 6.30. The Labute approximate surface area is 148 Å². The van der Waals surface area contributed by atoms with Gasteiger partial charge in [0.25, 0.3) is 5.95 Å². The van der Waals surface area contributed by atoms with Gasteiger partial charge in [0, 0.05) is 34.2 Å². The Balaban J connectivity index is 1.75. The quantitative estimate of drug-likeness (QED) is 0.573. The molecule has 4 rings (SSSR count). The van der Waals surface area contributed by atoms with Crippen molar-refractivity contribution in [3.63, 3.8) is 0 Å². The molecule has 0 unspecified atom stereocenters. The second-order valence-electron chi connectivity index (χ2n) is 5.49. The molecule has 0 fully saturated rings. The predicted molar refractivity (Wildman–Crippen MR) is 97.7 cm³/mol. The zero-order valence-corrected chi connectivity index (χ0v) is 13.9. The van der Waals surface area contributed by atoms with E-state index in [4.69, 9.17) is 17.3 Å². The van der Waals surface area contributed by atoms with Crippen LogP contribution in [0.15, 0.2) is 59.8 Å². The molecular formula is C17H14ClN7. The minimum atomic E-state index is 0.135. The molecule has 25 heavy (non-hydrogen) atoms. The minimum absolute atomic E-state index is 0.135. The molecule has 0 saturated carbocycles. The maximum absolute atomic E-state index is 6.30. The van der Waals surface area contributed by atoms with E-state index in [-0.39, 0.29) is 5.95 Å². The number of para-hydroxylation sites is 1. The molecular weight excluding hydrogens is 338 g/mol. The first-order valence-electron chi connectivity index (χ1n) is 7.62. The van der Waals surface area contributed by atoms with Crippen LogP contribution in [-0.4, -0.2) is 31.1 Å². The largest absolute Gasteiger partial charge is 0.365 e. The Morgan fingerprint density at radius 2 is 1.92 bits per heavy atom. The van der Waals surface area contributed by atoms with Gasteiger partial charge in [-0.1, -0.05) is 57.9 Å². The number of hydrogen-bond acceptors (Lipinski definition) is 5. The monoisotopic (exact) mass is 351 g/mol. The molecule has 2 aromatic carbocycles. The number of benzene rings is 2. The van der Waals surface area contributed by atoms with Crippen LogP contribution in [0.25, 0.3) is 10.9 Å². The van der Waals surface area contributed by atoms with Crippen molar-refractivity contribution in [2.75, 3.05) is 5.73 Å². The molecule has 0 aliphatic rings. The van der Waals surface area contributed by atoms with Crippen LogP contribution in [0.1, 0.15) is 11.1 Å². The number of nitrogen functional groups attached to an aromatic ring is 1. The van der Waals surface area contributed by atoms with Gasteiger partial charge >= 0.3 is 0 Å². The van der Waals surface area contributed by atoms with Gasteiger partial charge in [0.15, 0.2) is 0 Å². The molecule has 2 N–H and O–H groups in total. The lowest BCUT2D eigenvalue weighted by atomic mass is 10.2. The van der Waals surface area contributed by atoms with Crippen LogP contribution in [-0.2, 0) is 6.54 Å². The second kappa shape index (κ2) is 6.37. The molecule has 0 aliphatic carbocycles. The van der Waals surface area contributed by atoms with Crippen LogP contribution in [0.5, 0.6) is 0 Å².